The molecule has 0 bridgehead atoms. The number of Topliss-reactive ketones (excluding diaryl/α,β-unsaturated/α-hetero) is 1. The number of ether oxygens (including phenoxy) is 1. The molecule has 1 aromatic carbocycles. The van der Waals surface area contributed by atoms with Gasteiger partial charge in [0.1, 0.15) is 10.1 Å². The Kier molecular flexibility index (Phi) is 20.5. The van der Waals surface area contributed by atoms with E-state index >= 15 is 0 Å². The lowest BCUT2D eigenvalue weighted by Gasteiger charge is -2.14. The van der Waals surface area contributed by atoms with Crippen molar-refractivity contribution in [3.05, 3.63) is 80.1 Å². The predicted molar refractivity (Wildman–Crippen MR) is 145 cm³/mol. The normalized spacial score (nSPS) is 9.55. The summed E-state index contributed by atoms with van der Waals surface area (Å²) in [5, 5.41) is 5.77. The van der Waals surface area contributed by atoms with E-state index in [1.54, 1.807) is 77.7 Å². The van der Waals surface area contributed by atoms with Crippen LogP contribution in [0.3, 0.4) is 0 Å². The third-order valence-corrected chi connectivity index (χ3v) is 7.48. The maximum Gasteiger partial charge on any atom is 0.372 e. The molecule has 40 heavy (non-hydrogen) atoms. The van der Waals surface area contributed by atoms with Crippen molar-refractivity contribution in [3.8, 4) is 0 Å². The highest BCUT2D eigenvalue weighted by atomic mass is 79.9. The van der Waals surface area contributed by atoms with Gasteiger partial charge in [0, 0.05) is 6.92 Å². The zero-order valence-corrected chi connectivity index (χ0v) is 28.1. The number of aromatic nitrogens is 3. The summed E-state index contributed by atoms with van der Waals surface area (Å²) in [5.74, 6) is 5.18. The second-order valence-electron chi connectivity index (χ2n) is 7.83. The van der Waals surface area contributed by atoms with Gasteiger partial charge in [-0.1, -0.05) is 56.4 Å². The quantitative estimate of drug-likeness (QED) is 0.0966. The van der Waals surface area contributed by atoms with Gasteiger partial charge < -0.3 is 38.7 Å². The number of hydrogen-bond donors (Lipinski definition) is 1. The monoisotopic (exact) mass is 714 g/mol. The van der Waals surface area contributed by atoms with Gasteiger partial charge in [-0.25, -0.2) is 19.1 Å². The third-order valence-electron chi connectivity index (χ3n) is 4.35. The number of ketones is 1. The van der Waals surface area contributed by atoms with Crippen LogP contribution in [0.25, 0.3) is 0 Å². The van der Waals surface area contributed by atoms with Gasteiger partial charge in [0.15, 0.2) is 18.2 Å². The summed E-state index contributed by atoms with van der Waals surface area (Å²) in [6.45, 7) is 7.52. The molecule has 16 heteroatoms. The number of nitrogen functional groups attached to an aromatic ring is 1. The van der Waals surface area contributed by atoms with Crippen LogP contribution in [0.15, 0.2) is 68.3 Å². The number of hydrogen-bond acceptors (Lipinski definition) is 10. The Morgan fingerprint density at radius 2 is 1.35 bits per heavy atom. The summed E-state index contributed by atoms with van der Waals surface area (Å²) < 4.78 is 42.1. The van der Waals surface area contributed by atoms with Crippen LogP contribution < -0.4 is 49.0 Å². The largest absolute Gasteiger partial charge is 1.00 e. The lowest BCUT2D eigenvalue weighted by molar-refractivity contribution is -0.681. The van der Waals surface area contributed by atoms with E-state index in [1.165, 1.54) is 11.8 Å². The molecule has 0 spiro atoms. The first-order valence-corrected chi connectivity index (χ1v) is 15.2. The molecule has 10 nitrogen and oxygen atoms in total. The van der Waals surface area contributed by atoms with Gasteiger partial charge in [-0.2, -0.15) is 9.13 Å². The second-order valence-corrected chi connectivity index (χ2v) is 11.4. The average Bonchev–Trinajstić information content (AvgIpc) is 3.58. The van der Waals surface area contributed by atoms with Crippen molar-refractivity contribution >= 4 is 55.9 Å². The maximum absolute atomic E-state index is 10.8. The highest BCUT2D eigenvalue weighted by Gasteiger charge is 2.09. The Bertz CT molecular complexity index is 1350. The highest BCUT2D eigenvalue weighted by Crippen LogP contribution is 2.20. The third kappa shape index (κ3) is 16.7. The molecule has 4 aromatic rings. The molecule has 4 rings (SSSR count). The lowest BCUT2D eigenvalue weighted by Crippen LogP contribution is -3.00. The van der Waals surface area contributed by atoms with Gasteiger partial charge in [-0.3, -0.25) is 4.79 Å². The number of carbonyl (C=O) groups is 2. The molecule has 0 unspecified atom stereocenters. The van der Waals surface area contributed by atoms with Gasteiger partial charge in [-0.05, 0) is 31.9 Å². The van der Waals surface area contributed by atoms with Crippen molar-refractivity contribution in [2.45, 2.75) is 45.7 Å². The first kappa shape index (κ1) is 39.9. The molecule has 222 valence electrons. The minimum Gasteiger partial charge on any atom is -1.00 e. The molecule has 3 heterocycles. The van der Waals surface area contributed by atoms with E-state index < -0.39 is 10.1 Å². The summed E-state index contributed by atoms with van der Waals surface area (Å²) in [6, 6.07) is 3.38. The molecule has 0 aliphatic rings. The van der Waals surface area contributed by atoms with E-state index in [0.29, 0.717) is 24.2 Å². The highest BCUT2D eigenvalue weighted by molar-refractivity contribution is 7.85. The van der Waals surface area contributed by atoms with Gasteiger partial charge >= 0.3 is 5.97 Å². The molecular weight excluding hydrogens is 684 g/mol. The van der Waals surface area contributed by atoms with E-state index in [4.69, 9.17) is 5.84 Å². The summed E-state index contributed by atoms with van der Waals surface area (Å²) in [4.78, 5) is 21.1. The zero-order valence-electron chi connectivity index (χ0n) is 22.5. The van der Waals surface area contributed by atoms with Crippen molar-refractivity contribution in [1.82, 2.24) is 0 Å². The van der Waals surface area contributed by atoms with E-state index in [9.17, 15) is 22.6 Å². The molecule has 0 aliphatic heterocycles. The van der Waals surface area contributed by atoms with Crippen molar-refractivity contribution in [1.29, 1.82) is 0 Å². The Hall–Kier alpha value is -2.27. The van der Waals surface area contributed by atoms with Crippen molar-refractivity contribution in [2.24, 2.45) is 0 Å². The lowest BCUT2D eigenvalue weighted by atomic mass is 10.1. The topological polar surface area (TPSA) is 138 Å². The van der Waals surface area contributed by atoms with Crippen LogP contribution in [-0.2, 0) is 37.5 Å². The number of aryl methyl sites for hydroxylation is 3. The Balaban J connectivity index is 0. The van der Waals surface area contributed by atoms with Gasteiger partial charge in [0.25, 0.3) is 5.51 Å². The molecule has 3 aromatic heterocycles. The van der Waals surface area contributed by atoms with E-state index in [1.807, 2.05) is 56.6 Å². The Labute approximate surface area is 263 Å². The summed E-state index contributed by atoms with van der Waals surface area (Å²) in [6.07, 6.45) is 5.53. The molecule has 2 N–H and O–H groups in total. The van der Waals surface area contributed by atoms with Crippen LogP contribution in [0.5, 0.6) is 0 Å². The zero-order chi connectivity index (χ0) is 28.7. The standard InChI is InChI=1S/C9H12O3S.C6H8NO2S.C6H8NOS.C3H5N2S.BrH.ClH/c1-6-4-7(2)9(8(3)5-6)13(10,11)12;1-9-6(8)4-7-2-3-10-5-7;1-6(8)4-7-2-3-9-5-7;4-5-1-2-6-3-5;;/h4-5H,1-3H3,(H,10,11,12);2-3,5H,4H2,1H3;2-3,5H,4H2,1H3;1-3H,4H2;2*1H/q;3*+1;;/p-3. The number of nitrogens with zero attached hydrogens (tertiary/aromatic N) is 3. The average molecular weight is 716 g/mol. The molecule has 0 saturated carbocycles. The van der Waals surface area contributed by atoms with Crippen LogP contribution in [0.4, 0.5) is 0 Å². The van der Waals surface area contributed by atoms with Crippen molar-refractivity contribution in [3.63, 3.8) is 0 Å². The minimum atomic E-state index is -4.33. The van der Waals surface area contributed by atoms with Crippen LogP contribution in [-0.4, -0.2) is 31.8 Å². The molecule has 0 amide bonds. The molecule has 0 radical (unpaired) electrons. The number of nitrogens with two attached hydrogens (primary N) is 1. The number of rotatable bonds is 5. The molecule has 0 fully saturated rings. The number of thiazole rings is 3. The fourth-order valence-electron chi connectivity index (χ4n) is 2.98. The van der Waals surface area contributed by atoms with Gasteiger partial charge in [0.2, 0.25) is 30.3 Å². The molecule has 0 atom stereocenters. The molecule has 0 saturated heterocycles. The van der Waals surface area contributed by atoms with E-state index in [0.717, 1.165) is 5.56 Å². The molecular formula is C24H32BrClN4O6S4. The summed E-state index contributed by atoms with van der Waals surface area (Å²) in [7, 11) is -2.95. The number of benzene rings is 1. The number of halogens is 2. The molecule has 0 aliphatic carbocycles. The SMILES string of the molecule is CC(=O)C[n+]1ccsc1.COC(=O)C[n+]1ccsc1.Cc1cc(C)c(S(=O)(=O)[O-])c(C)c1.N[n+]1ccsc1.[Br-].[Cl-]. The van der Waals surface area contributed by atoms with E-state index in [2.05, 4.69) is 4.74 Å². The fraction of sp³-hybridized carbons (Fsp3) is 0.292. The van der Waals surface area contributed by atoms with Crippen LogP contribution in [0.1, 0.15) is 23.6 Å². The number of carbonyl (C=O) groups excluding carboxylic acids is 2. The van der Waals surface area contributed by atoms with Crippen LogP contribution >= 0.6 is 34.0 Å². The van der Waals surface area contributed by atoms with E-state index in [-0.39, 0.29) is 46.0 Å². The minimum absolute atomic E-state index is 0. The van der Waals surface area contributed by atoms with Crippen LogP contribution in [0, 0.1) is 20.8 Å². The van der Waals surface area contributed by atoms with Crippen LogP contribution in [0.2, 0.25) is 0 Å². The predicted octanol–water partition coefficient (Wildman–Crippen LogP) is -3.89. The van der Waals surface area contributed by atoms with Crippen molar-refractivity contribution in [2.75, 3.05) is 13.0 Å². The summed E-state index contributed by atoms with van der Waals surface area (Å²) >= 11 is 4.72. The number of esters is 1. The Morgan fingerprint density at radius 1 is 0.900 bits per heavy atom. The number of methoxy groups -OCH3 is 1. The second kappa shape index (κ2) is 20.6. The first-order chi connectivity index (χ1) is 17.8. The van der Waals surface area contributed by atoms with Gasteiger partial charge in [0.05, 0.1) is 28.1 Å². The fourth-order valence-corrected chi connectivity index (χ4v) is 5.58. The maximum atomic E-state index is 10.8. The summed E-state index contributed by atoms with van der Waals surface area (Å²) in [5.41, 5.74) is 7.60. The smallest absolute Gasteiger partial charge is 0.372 e. The van der Waals surface area contributed by atoms with Gasteiger partial charge in [-0.15, -0.1) is 0 Å². The van der Waals surface area contributed by atoms with Crippen molar-refractivity contribution < 1.29 is 70.5 Å². The first-order valence-electron chi connectivity index (χ1n) is 10.9. The Morgan fingerprint density at radius 3 is 1.65 bits per heavy atom.